The monoisotopic (exact) mass is 341 g/mol. The predicted octanol–water partition coefficient (Wildman–Crippen LogP) is 2.81. The molecule has 1 fully saturated rings. The molecule has 0 radical (unpaired) electrons. The van der Waals surface area contributed by atoms with Crippen molar-refractivity contribution < 1.29 is 0 Å². The molecule has 2 N–H and O–H groups in total. The minimum Gasteiger partial charge on any atom is -0.369 e. The van der Waals surface area contributed by atoms with E-state index in [1.165, 1.54) is 19.4 Å². The first-order valence-electron chi connectivity index (χ1n) is 7.37. The molecule has 20 heavy (non-hydrogen) atoms. The van der Waals surface area contributed by atoms with Crippen LogP contribution >= 0.6 is 15.9 Å². The maximum atomic E-state index is 4.33. The molecule has 0 amide bonds. The second kappa shape index (κ2) is 7.78. The van der Waals surface area contributed by atoms with Gasteiger partial charge in [-0.15, -0.1) is 0 Å². The molecule has 1 atom stereocenters. The summed E-state index contributed by atoms with van der Waals surface area (Å²) >= 11 is 3.59. The van der Waals surface area contributed by atoms with Crippen molar-refractivity contribution in [1.82, 2.24) is 14.9 Å². The molecule has 2 heterocycles. The Morgan fingerprint density at radius 1 is 1.35 bits per heavy atom. The average molecular weight is 342 g/mol. The van der Waals surface area contributed by atoms with Crippen LogP contribution in [0.2, 0.25) is 0 Å². The second-order valence-corrected chi connectivity index (χ2v) is 6.26. The molecule has 0 saturated carbocycles. The van der Waals surface area contributed by atoms with Gasteiger partial charge in [-0.25, -0.2) is 9.97 Å². The molecule has 5 nitrogen and oxygen atoms in total. The summed E-state index contributed by atoms with van der Waals surface area (Å²) in [6, 6.07) is 0. The van der Waals surface area contributed by atoms with Crippen LogP contribution in [-0.4, -0.2) is 48.1 Å². The van der Waals surface area contributed by atoms with Gasteiger partial charge in [-0.1, -0.05) is 6.92 Å². The molecule has 1 aromatic heterocycles. The van der Waals surface area contributed by atoms with Gasteiger partial charge in [0.1, 0.15) is 22.4 Å². The lowest BCUT2D eigenvalue weighted by Gasteiger charge is -2.29. The number of hydrogen-bond donors (Lipinski definition) is 2. The van der Waals surface area contributed by atoms with Crippen molar-refractivity contribution in [2.24, 2.45) is 5.92 Å². The fourth-order valence-corrected chi connectivity index (χ4v) is 3.03. The maximum Gasteiger partial charge on any atom is 0.145 e. The second-order valence-electron chi connectivity index (χ2n) is 5.46. The van der Waals surface area contributed by atoms with Crippen LogP contribution in [0, 0.1) is 5.92 Å². The van der Waals surface area contributed by atoms with Gasteiger partial charge in [0.25, 0.3) is 0 Å². The third-order valence-corrected chi connectivity index (χ3v) is 4.36. The van der Waals surface area contributed by atoms with Crippen molar-refractivity contribution >= 4 is 27.6 Å². The van der Waals surface area contributed by atoms with Crippen LogP contribution in [0.4, 0.5) is 11.6 Å². The Labute approximate surface area is 129 Å². The van der Waals surface area contributed by atoms with E-state index in [1.807, 2.05) is 0 Å². The Hall–Kier alpha value is -0.880. The minimum absolute atomic E-state index is 0.697. The first kappa shape index (κ1) is 15.5. The molecule has 1 unspecified atom stereocenters. The summed E-state index contributed by atoms with van der Waals surface area (Å²) in [6.45, 7) is 6.41. The van der Waals surface area contributed by atoms with Crippen LogP contribution in [-0.2, 0) is 0 Å². The van der Waals surface area contributed by atoms with Gasteiger partial charge in [0, 0.05) is 19.6 Å². The highest BCUT2D eigenvalue weighted by Gasteiger charge is 2.17. The molecule has 0 aromatic carbocycles. The topological polar surface area (TPSA) is 53.1 Å². The summed E-state index contributed by atoms with van der Waals surface area (Å²) in [7, 11) is 2.19. The van der Waals surface area contributed by atoms with Gasteiger partial charge < -0.3 is 15.5 Å². The summed E-state index contributed by atoms with van der Waals surface area (Å²) in [5, 5.41) is 6.76. The van der Waals surface area contributed by atoms with Crippen molar-refractivity contribution in [2.75, 3.05) is 43.9 Å². The van der Waals surface area contributed by atoms with E-state index < -0.39 is 0 Å². The molecule has 2 rings (SSSR count). The zero-order valence-electron chi connectivity index (χ0n) is 12.3. The number of nitrogens with one attached hydrogen (secondary N) is 2. The van der Waals surface area contributed by atoms with E-state index >= 15 is 0 Å². The molecule has 0 spiro atoms. The molecule has 1 aliphatic rings. The van der Waals surface area contributed by atoms with E-state index in [1.54, 1.807) is 6.33 Å². The largest absolute Gasteiger partial charge is 0.369 e. The van der Waals surface area contributed by atoms with E-state index in [2.05, 4.69) is 55.4 Å². The number of hydrogen-bond acceptors (Lipinski definition) is 5. The third-order valence-electron chi connectivity index (χ3n) is 3.61. The van der Waals surface area contributed by atoms with Crippen LogP contribution in [0.5, 0.6) is 0 Å². The van der Waals surface area contributed by atoms with Crippen LogP contribution in [0.3, 0.4) is 0 Å². The Morgan fingerprint density at radius 2 is 2.10 bits per heavy atom. The van der Waals surface area contributed by atoms with Gasteiger partial charge in [-0.05, 0) is 54.7 Å². The molecule has 1 saturated heterocycles. The Balaban J connectivity index is 1.91. The van der Waals surface area contributed by atoms with Crippen molar-refractivity contribution in [1.29, 1.82) is 0 Å². The van der Waals surface area contributed by atoms with E-state index in [4.69, 9.17) is 0 Å². The Bertz CT molecular complexity index is 426. The average Bonchev–Trinajstić information content (AvgIpc) is 2.45. The summed E-state index contributed by atoms with van der Waals surface area (Å²) in [5.41, 5.74) is 0. The normalized spacial score (nSPS) is 19.9. The first-order chi connectivity index (χ1) is 9.70. The zero-order valence-corrected chi connectivity index (χ0v) is 13.9. The van der Waals surface area contributed by atoms with Crippen LogP contribution in [0.1, 0.15) is 26.2 Å². The Kier molecular flexibility index (Phi) is 6.04. The minimum atomic E-state index is 0.697. The molecule has 0 bridgehead atoms. The highest BCUT2D eigenvalue weighted by atomic mass is 79.9. The van der Waals surface area contributed by atoms with E-state index in [9.17, 15) is 0 Å². The Morgan fingerprint density at radius 3 is 2.80 bits per heavy atom. The number of likely N-dealkylation sites (tertiary alicyclic amines) is 1. The van der Waals surface area contributed by atoms with E-state index in [0.717, 1.165) is 42.2 Å². The highest BCUT2D eigenvalue weighted by molar-refractivity contribution is 9.10. The fourth-order valence-electron chi connectivity index (χ4n) is 2.54. The van der Waals surface area contributed by atoms with E-state index in [-0.39, 0.29) is 0 Å². The van der Waals surface area contributed by atoms with Gasteiger partial charge in [0.15, 0.2) is 0 Å². The van der Waals surface area contributed by atoms with Crippen LogP contribution in [0.25, 0.3) is 0 Å². The lowest BCUT2D eigenvalue weighted by atomic mass is 9.98. The fraction of sp³-hybridized carbons (Fsp3) is 0.714. The zero-order chi connectivity index (χ0) is 14.4. The van der Waals surface area contributed by atoms with Crippen LogP contribution < -0.4 is 10.6 Å². The quantitative estimate of drug-likeness (QED) is 0.833. The highest BCUT2D eigenvalue weighted by Crippen LogP contribution is 2.27. The summed E-state index contributed by atoms with van der Waals surface area (Å²) < 4.78 is 0.928. The summed E-state index contributed by atoms with van der Waals surface area (Å²) in [4.78, 5) is 11.0. The van der Waals surface area contributed by atoms with Gasteiger partial charge in [0.2, 0.25) is 0 Å². The number of aromatic nitrogens is 2. The van der Waals surface area contributed by atoms with Gasteiger partial charge in [-0.2, -0.15) is 0 Å². The molecular weight excluding hydrogens is 318 g/mol. The number of nitrogens with zero attached hydrogens (tertiary/aromatic N) is 3. The van der Waals surface area contributed by atoms with Crippen molar-refractivity contribution in [3.8, 4) is 0 Å². The lowest BCUT2D eigenvalue weighted by molar-refractivity contribution is 0.217. The number of rotatable bonds is 6. The molecular formula is C14H24BrN5. The standard InChI is InChI=1S/C14H24BrN5/c1-3-6-16-13-12(15)14(19-10-18-13)17-8-11-5-4-7-20(2)9-11/h10-11H,3-9H2,1-2H3,(H2,16,17,18,19). The molecule has 1 aromatic rings. The van der Waals surface area contributed by atoms with Crippen molar-refractivity contribution in [3.63, 3.8) is 0 Å². The molecule has 1 aliphatic heterocycles. The maximum absolute atomic E-state index is 4.33. The molecule has 0 aliphatic carbocycles. The molecule has 6 heteroatoms. The summed E-state index contributed by atoms with van der Waals surface area (Å²) in [6.07, 6.45) is 5.27. The molecule has 112 valence electrons. The number of halogens is 1. The first-order valence-corrected chi connectivity index (χ1v) is 8.16. The van der Waals surface area contributed by atoms with Gasteiger partial charge >= 0.3 is 0 Å². The number of anilines is 2. The summed E-state index contributed by atoms with van der Waals surface area (Å²) in [5.74, 6) is 2.44. The lowest BCUT2D eigenvalue weighted by Crippen LogP contribution is -2.35. The smallest absolute Gasteiger partial charge is 0.145 e. The van der Waals surface area contributed by atoms with Crippen LogP contribution in [0.15, 0.2) is 10.8 Å². The predicted molar refractivity (Wildman–Crippen MR) is 87.2 cm³/mol. The van der Waals surface area contributed by atoms with Gasteiger partial charge in [0.05, 0.1) is 0 Å². The van der Waals surface area contributed by atoms with Crippen molar-refractivity contribution in [3.05, 3.63) is 10.8 Å². The van der Waals surface area contributed by atoms with Crippen molar-refractivity contribution in [2.45, 2.75) is 26.2 Å². The van der Waals surface area contributed by atoms with E-state index in [0.29, 0.717) is 5.92 Å². The SMILES string of the molecule is CCCNc1ncnc(NCC2CCCN(C)C2)c1Br. The third kappa shape index (κ3) is 4.31. The number of piperidine rings is 1. The van der Waals surface area contributed by atoms with Gasteiger partial charge in [-0.3, -0.25) is 0 Å².